The number of methoxy groups -OCH3 is 1. The van der Waals surface area contributed by atoms with E-state index < -0.39 is 36.3 Å². The first-order valence-corrected chi connectivity index (χ1v) is 4.06. The second-order valence-corrected chi connectivity index (χ2v) is 3.10. The van der Waals surface area contributed by atoms with E-state index >= 15 is 0 Å². The average Bonchev–Trinajstić information content (AvgIpc) is 2.15. The maximum Gasteiger partial charge on any atom is 0.366 e. The normalized spacial score (nSPS) is 14.8. The molecule has 0 bridgehead atoms. The Labute approximate surface area is 86.9 Å². The van der Waals surface area contributed by atoms with Crippen molar-refractivity contribution in [3.63, 3.8) is 0 Å². The summed E-state index contributed by atoms with van der Waals surface area (Å²) in [6.07, 6.45) is -6.36. The minimum absolute atomic E-state index is 0.973. The van der Waals surface area contributed by atoms with Gasteiger partial charge < -0.3 is 4.74 Å². The molecule has 0 amide bonds. The van der Waals surface area contributed by atoms with E-state index in [1.165, 1.54) is 0 Å². The van der Waals surface area contributed by atoms with Crippen LogP contribution in [-0.2, 0) is 4.74 Å². The van der Waals surface area contributed by atoms with Gasteiger partial charge in [-0.2, -0.15) is 30.7 Å². The van der Waals surface area contributed by atoms with Crippen LogP contribution in [0.1, 0.15) is 13.3 Å². The Balaban J connectivity index is 5.06. The number of hydrogen-bond acceptors (Lipinski definition) is 1. The molecule has 0 spiro atoms. The molecule has 1 atom stereocenters. The Morgan fingerprint density at radius 2 is 1.56 bits per heavy atom. The fourth-order valence-corrected chi connectivity index (χ4v) is 0.852. The van der Waals surface area contributed by atoms with Crippen LogP contribution in [0.4, 0.5) is 30.7 Å². The minimum Gasteiger partial charge on any atom is -0.382 e. The minimum atomic E-state index is -5.54. The SMILES string of the molecule is COC(C)CC(F)(F)C(F)(F)C(F)=C(F)F. The molecule has 0 aromatic carbocycles. The molecule has 1 unspecified atom stereocenters. The largest absolute Gasteiger partial charge is 0.382 e. The van der Waals surface area contributed by atoms with Crippen molar-refractivity contribution in [3.05, 3.63) is 11.9 Å². The molecule has 0 radical (unpaired) electrons. The van der Waals surface area contributed by atoms with Gasteiger partial charge in [-0.1, -0.05) is 0 Å². The maximum atomic E-state index is 12.8. The Morgan fingerprint density at radius 3 is 1.88 bits per heavy atom. The molecular weight excluding hydrogens is 245 g/mol. The van der Waals surface area contributed by atoms with Gasteiger partial charge in [-0.15, -0.1) is 0 Å². The molecule has 0 fully saturated rings. The van der Waals surface area contributed by atoms with E-state index in [9.17, 15) is 30.7 Å². The summed E-state index contributed by atoms with van der Waals surface area (Å²) in [5, 5.41) is 0. The second-order valence-electron chi connectivity index (χ2n) is 3.10. The van der Waals surface area contributed by atoms with Gasteiger partial charge in [0, 0.05) is 13.5 Å². The number of allylic oxidation sites excluding steroid dienone is 1. The van der Waals surface area contributed by atoms with Crippen molar-refractivity contribution >= 4 is 0 Å². The van der Waals surface area contributed by atoms with Gasteiger partial charge in [0.05, 0.1) is 6.10 Å². The lowest BCUT2D eigenvalue weighted by Gasteiger charge is -2.26. The number of ether oxygens (including phenoxy) is 1. The van der Waals surface area contributed by atoms with Crippen molar-refractivity contribution < 1.29 is 35.5 Å². The van der Waals surface area contributed by atoms with Crippen molar-refractivity contribution in [2.24, 2.45) is 0 Å². The number of alkyl halides is 4. The van der Waals surface area contributed by atoms with Gasteiger partial charge in [0.2, 0.25) is 5.83 Å². The van der Waals surface area contributed by atoms with Crippen molar-refractivity contribution in [3.8, 4) is 0 Å². The van der Waals surface area contributed by atoms with Gasteiger partial charge in [-0.25, -0.2) is 0 Å². The highest BCUT2D eigenvalue weighted by atomic mass is 19.3. The number of rotatable bonds is 5. The molecule has 0 N–H and O–H groups in total. The van der Waals surface area contributed by atoms with Crippen LogP contribution >= 0.6 is 0 Å². The Kier molecular flexibility index (Phi) is 4.78. The first-order valence-electron chi connectivity index (χ1n) is 4.06. The third-order valence-corrected chi connectivity index (χ3v) is 1.85. The van der Waals surface area contributed by atoms with Gasteiger partial charge in [0.25, 0.3) is 0 Å². The molecule has 0 aromatic rings. The first-order chi connectivity index (χ1) is 7.06. The van der Waals surface area contributed by atoms with Crippen molar-refractivity contribution in [1.82, 2.24) is 0 Å². The standard InChI is InChI=1S/C8H9F7O/c1-4(16-2)3-7(12,13)8(14,15)5(9)6(10)11/h4H,3H2,1-2H3. The van der Waals surface area contributed by atoms with Crippen LogP contribution in [0.2, 0.25) is 0 Å². The molecule has 0 saturated heterocycles. The van der Waals surface area contributed by atoms with E-state index in [1.807, 2.05) is 0 Å². The van der Waals surface area contributed by atoms with Crippen LogP contribution in [0.25, 0.3) is 0 Å². The van der Waals surface area contributed by atoms with E-state index in [0.717, 1.165) is 14.0 Å². The highest BCUT2D eigenvalue weighted by Crippen LogP contribution is 2.45. The van der Waals surface area contributed by atoms with E-state index in [2.05, 4.69) is 4.74 Å². The molecule has 96 valence electrons. The van der Waals surface area contributed by atoms with E-state index in [1.54, 1.807) is 0 Å². The van der Waals surface area contributed by atoms with Crippen LogP contribution in [0.15, 0.2) is 11.9 Å². The molecule has 1 nitrogen and oxygen atoms in total. The van der Waals surface area contributed by atoms with Gasteiger partial charge in [-0.05, 0) is 6.92 Å². The molecular formula is C8H9F7O. The zero-order valence-electron chi connectivity index (χ0n) is 8.34. The van der Waals surface area contributed by atoms with Gasteiger partial charge in [-0.3, -0.25) is 0 Å². The summed E-state index contributed by atoms with van der Waals surface area (Å²) in [4.78, 5) is 0. The topological polar surface area (TPSA) is 9.23 Å². The third-order valence-electron chi connectivity index (χ3n) is 1.85. The fourth-order valence-electron chi connectivity index (χ4n) is 0.852. The quantitative estimate of drug-likeness (QED) is 0.679. The van der Waals surface area contributed by atoms with Crippen LogP contribution in [0.3, 0.4) is 0 Å². The molecule has 8 heteroatoms. The van der Waals surface area contributed by atoms with E-state index in [0.29, 0.717) is 0 Å². The van der Waals surface area contributed by atoms with Crippen LogP contribution in [-0.4, -0.2) is 25.1 Å². The number of hydrogen-bond donors (Lipinski definition) is 0. The van der Waals surface area contributed by atoms with E-state index in [-0.39, 0.29) is 0 Å². The fraction of sp³-hybridized carbons (Fsp3) is 0.750. The van der Waals surface area contributed by atoms with Crippen molar-refractivity contribution in [1.29, 1.82) is 0 Å². The zero-order valence-corrected chi connectivity index (χ0v) is 8.34. The van der Waals surface area contributed by atoms with Gasteiger partial charge in [0.15, 0.2) is 0 Å². The summed E-state index contributed by atoms with van der Waals surface area (Å²) in [6.45, 7) is 1.03. The molecule has 0 rings (SSSR count). The monoisotopic (exact) mass is 254 g/mol. The Morgan fingerprint density at radius 1 is 1.12 bits per heavy atom. The molecule has 16 heavy (non-hydrogen) atoms. The maximum absolute atomic E-state index is 12.8. The molecule has 0 aromatic heterocycles. The van der Waals surface area contributed by atoms with Gasteiger partial charge in [0.1, 0.15) is 0 Å². The van der Waals surface area contributed by atoms with Crippen molar-refractivity contribution in [2.45, 2.75) is 31.3 Å². The smallest absolute Gasteiger partial charge is 0.366 e. The Hall–Kier alpha value is -0.790. The molecule has 0 saturated carbocycles. The summed E-state index contributed by atoms with van der Waals surface area (Å²) in [5.41, 5.74) is 0. The lowest BCUT2D eigenvalue weighted by molar-refractivity contribution is -0.210. The molecule has 0 aliphatic rings. The summed E-state index contributed by atoms with van der Waals surface area (Å²) in [7, 11) is 0.973. The molecule has 0 aliphatic carbocycles. The Bertz CT molecular complexity index is 270. The lowest BCUT2D eigenvalue weighted by Crippen LogP contribution is -2.43. The van der Waals surface area contributed by atoms with E-state index in [4.69, 9.17) is 0 Å². The molecule has 0 heterocycles. The molecule has 0 aliphatic heterocycles. The summed E-state index contributed by atoms with van der Waals surface area (Å²) < 4.78 is 90.4. The third kappa shape index (κ3) is 3.10. The zero-order chi connectivity index (χ0) is 13.1. The number of halogens is 7. The van der Waals surface area contributed by atoms with Crippen LogP contribution in [0, 0.1) is 0 Å². The highest BCUT2D eigenvalue weighted by molar-refractivity contribution is 5.11. The first kappa shape index (κ1) is 15.2. The second kappa shape index (κ2) is 5.03. The van der Waals surface area contributed by atoms with Crippen LogP contribution in [0.5, 0.6) is 0 Å². The summed E-state index contributed by atoms with van der Waals surface area (Å²) in [6, 6.07) is 0. The summed E-state index contributed by atoms with van der Waals surface area (Å²) in [5.74, 6) is -13.9. The lowest BCUT2D eigenvalue weighted by atomic mass is 10.0. The van der Waals surface area contributed by atoms with Crippen molar-refractivity contribution in [2.75, 3.05) is 7.11 Å². The average molecular weight is 254 g/mol. The predicted octanol–water partition coefficient (Wildman–Crippen LogP) is 3.76. The van der Waals surface area contributed by atoms with Crippen LogP contribution < -0.4 is 0 Å². The highest BCUT2D eigenvalue weighted by Gasteiger charge is 2.61. The summed E-state index contributed by atoms with van der Waals surface area (Å²) >= 11 is 0. The predicted molar refractivity (Wildman–Crippen MR) is 41.3 cm³/mol. The van der Waals surface area contributed by atoms with Gasteiger partial charge >= 0.3 is 17.9 Å².